The molecule has 0 aliphatic carbocycles. The van der Waals surface area contributed by atoms with Gasteiger partial charge in [-0.05, 0) is 29.7 Å². The van der Waals surface area contributed by atoms with E-state index in [0.29, 0.717) is 16.2 Å². The highest BCUT2D eigenvalue weighted by molar-refractivity contribution is 7.28. The lowest BCUT2D eigenvalue weighted by Crippen LogP contribution is -2.11. The molecule has 0 saturated heterocycles. The second-order valence-electron chi connectivity index (χ2n) is 5.31. The van der Waals surface area contributed by atoms with Crippen LogP contribution in [0.5, 0.6) is 0 Å². The molecule has 0 bridgehead atoms. The van der Waals surface area contributed by atoms with Crippen molar-refractivity contribution in [2.45, 2.75) is 6.18 Å². The minimum Gasteiger partial charge on any atom is -0.477 e. The van der Waals surface area contributed by atoms with Crippen molar-refractivity contribution >= 4 is 50.1 Å². The number of alkyl halides is 3. The number of thiophene rings is 2. The Hall–Kier alpha value is -2.23. The van der Waals surface area contributed by atoms with E-state index in [0.717, 1.165) is 19.8 Å². The predicted octanol–water partition coefficient (Wildman–Crippen LogP) is 6.47. The van der Waals surface area contributed by atoms with E-state index in [4.69, 9.17) is 5.11 Å². The van der Waals surface area contributed by atoms with Crippen molar-refractivity contribution in [1.82, 2.24) is 4.98 Å². The first-order chi connectivity index (χ1) is 12.3. The van der Waals surface area contributed by atoms with Crippen LogP contribution in [0.25, 0.3) is 29.7 Å². The molecule has 132 valence electrons. The van der Waals surface area contributed by atoms with Crippen molar-refractivity contribution in [3.8, 4) is 19.6 Å². The zero-order chi connectivity index (χ0) is 18.5. The Balaban J connectivity index is 1.75. The van der Waals surface area contributed by atoms with Crippen LogP contribution in [0, 0.1) is 0 Å². The minimum absolute atomic E-state index is 0.0621. The molecule has 0 aliphatic heterocycles. The lowest BCUT2D eigenvalue weighted by atomic mass is 10.2. The third kappa shape index (κ3) is 3.02. The van der Waals surface area contributed by atoms with E-state index in [9.17, 15) is 18.0 Å². The number of halogens is 3. The van der Waals surface area contributed by atoms with E-state index < -0.39 is 22.7 Å². The normalized spacial score (nSPS) is 12.0. The minimum atomic E-state index is -4.80. The standard InChI is InChI=1S/C17H8F3NO2S3/c18-17(19,20)14-13(16(22)23)26-15(21-14)11-6-5-10(25-11)12-7-8-3-1-2-4-9(8)24-12/h1-7H,(H,22,23). The van der Waals surface area contributed by atoms with Crippen LogP contribution in [0.3, 0.4) is 0 Å². The van der Waals surface area contributed by atoms with E-state index in [1.165, 1.54) is 11.3 Å². The van der Waals surface area contributed by atoms with Gasteiger partial charge in [-0.3, -0.25) is 0 Å². The van der Waals surface area contributed by atoms with Gasteiger partial charge in [0.15, 0.2) is 5.69 Å². The summed E-state index contributed by atoms with van der Waals surface area (Å²) in [6, 6.07) is 13.4. The van der Waals surface area contributed by atoms with Gasteiger partial charge in [0.25, 0.3) is 0 Å². The average molecular weight is 411 g/mol. The first-order valence-electron chi connectivity index (χ1n) is 7.23. The lowest BCUT2D eigenvalue weighted by molar-refractivity contribution is -0.141. The molecule has 9 heteroatoms. The van der Waals surface area contributed by atoms with Gasteiger partial charge in [0, 0.05) is 14.5 Å². The highest BCUT2D eigenvalue weighted by Gasteiger charge is 2.40. The number of carboxylic acids is 1. The number of carboxylic acid groups (broad SMARTS) is 1. The summed E-state index contributed by atoms with van der Waals surface area (Å²) in [6.07, 6.45) is -4.80. The summed E-state index contributed by atoms with van der Waals surface area (Å²) in [6.45, 7) is 0. The number of benzene rings is 1. The fourth-order valence-electron chi connectivity index (χ4n) is 2.45. The third-order valence-electron chi connectivity index (χ3n) is 3.58. The Morgan fingerprint density at radius 3 is 2.35 bits per heavy atom. The Labute approximate surface area is 157 Å². The van der Waals surface area contributed by atoms with Crippen LogP contribution >= 0.6 is 34.0 Å². The van der Waals surface area contributed by atoms with Crippen LogP contribution in [-0.2, 0) is 6.18 Å². The number of nitrogens with zero attached hydrogens (tertiary/aromatic N) is 1. The van der Waals surface area contributed by atoms with Crippen LogP contribution in [0.1, 0.15) is 15.4 Å². The number of hydrogen-bond donors (Lipinski definition) is 1. The third-order valence-corrected chi connectivity index (χ3v) is 7.18. The number of aromatic nitrogens is 1. The second kappa shape index (κ2) is 6.19. The molecule has 0 unspecified atom stereocenters. The summed E-state index contributed by atoms with van der Waals surface area (Å²) in [5.41, 5.74) is -1.35. The Kier molecular flexibility index (Phi) is 4.09. The lowest BCUT2D eigenvalue weighted by Gasteiger charge is -2.02. The van der Waals surface area contributed by atoms with Gasteiger partial charge in [-0.2, -0.15) is 13.2 Å². The van der Waals surface area contributed by atoms with Gasteiger partial charge < -0.3 is 5.11 Å². The molecule has 0 atom stereocenters. The second-order valence-corrected chi connectivity index (χ2v) is 8.48. The maximum Gasteiger partial charge on any atom is 0.435 e. The number of hydrogen-bond acceptors (Lipinski definition) is 5. The molecule has 0 aliphatic rings. The molecule has 0 fully saturated rings. The fraction of sp³-hybridized carbons (Fsp3) is 0.0588. The van der Waals surface area contributed by atoms with Gasteiger partial charge in [0.05, 0.1) is 4.88 Å². The first-order valence-corrected chi connectivity index (χ1v) is 9.68. The predicted molar refractivity (Wildman–Crippen MR) is 98.2 cm³/mol. The highest BCUT2D eigenvalue weighted by atomic mass is 32.1. The maximum atomic E-state index is 13.0. The topological polar surface area (TPSA) is 50.2 Å². The number of rotatable bonds is 3. The van der Waals surface area contributed by atoms with Crippen LogP contribution in [0.15, 0.2) is 42.5 Å². The monoisotopic (exact) mass is 411 g/mol. The number of aromatic carboxylic acids is 1. The van der Waals surface area contributed by atoms with Crippen molar-refractivity contribution < 1.29 is 23.1 Å². The summed E-state index contributed by atoms with van der Waals surface area (Å²) < 4.78 is 40.2. The molecule has 0 radical (unpaired) electrons. The molecule has 0 amide bonds. The summed E-state index contributed by atoms with van der Waals surface area (Å²) >= 11 is 3.44. The molecule has 1 N–H and O–H groups in total. The van der Waals surface area contributed by atoms with Crippen molar-refractivity contribution in [3.63, 3.8) is 0 Å². The molecule has 4 rings (SSSR count). The molecule has 0 spiro atoms. The fourth-order valence-corrected chi connectivity index (χ4v) is 5.58. The van der Waals surface area contributed by atoms with Gasteiger partial charge in [-0.15, -0.1) is 34.0 Å². The zero-order valence-corrected chi connectivity index (χ0v) is 15.2. The molecule has 26 heavy (non-hydrogen) atoms. The Morgan fingerprint density at radius 1 is 0.962 bits per heavy atom. The van der Waals surface area contributed by atoms with Crippen molar-refractivity contribution in [3.05, 3.63) is 53.0 Å². The van der Waals surface area contributed by atoms with Gasteiger partial charge in [-0.1, -0.05) is 18.2 Å². The largest absolute Gasteiger partial charge is 0.477 e. The van der Waals surface area contributed by atoms with Crippen molar-refractivity contribution in [2.24, 2.45) is 0 Å². The number of fused-ring (bicyclic) bond motifs is 1. The highest BCUT2D eigenvalue weighted by Crippen LogP contribution is 2.43. The quantitative estimate of drug-likeness (QED) is 0.420. The molecule has 1 aromatic carbocycles. The Bertz CT molecular complexity index is 1090. The van der Waals surface area contributed by atoms with Gasteiger partial charge >= 0.3 is 12.1 Å². The number of carbonyl (C=O) groups is 1. The molecular weight excluding hydrogens is 403 g/mol. The Morgan fingerprint density at radius 2 is 1.69 bits per heavy atom. The van der Waals surface area contributed by atoms with Crippen molar-refractivity contribution in [1.29, 1.82) is 0 Å². The average Bonchev–Trinajstić information content (AvgIpc) is 3.30. The molecule has 3 aromatic heterocycles. The smallest absolute Gasteiger partial charge is 0.435 e. The van der Waals surface area contributed by atoms with Crippen LogP contribution in [-0.4, -0.2) is 16.1 Å². The molecule has 0 saturated carbocycles. The van der Waals surface area contributed by atoms with E-state index >= 15 is 0 Å². The molecular formula is C17H8F3NO2S3. The molecule has 3 heterocycles. The van der Waals surface area contributed by atoms with E-state index in [-0.39, 0.29) is 5.01 Å². The van der Waals surface area contributed by atoms with Crippen LogP contribution in [0.2, 0.25) is 0 Å². The summed E-state index contributed by atoms with van der Waals surface area (Å²) in [4.78, 5) is 16.3. The van der Waals surface area contributed by atoms with Gasteiger partial charge in [0.1, 0.15) is 9.88 Å². The SMILES string of the molecule is O=C(O)c1sc(-c2ccc(-c3cc4ccccc4s3)s2)nc1C(F)(F)F. The maximum absolute atomic E-state index is 13.0. The van der Waals surface area contributed by atoms with E-state index in [1.54, 1.807) is 17.4 Å². The molecule has 3 nitrogen and oxygen atoms in total. The number of thiazole rings is 1. The van der Waals surface area contributed by atoms with E-state index in [1.807, 2.05) is 36.4 Å². The van der Waals surface area contributed by atoms with E-state index in [2.05, 4.69) is 4.98 Å². The zero-order valence-electron chi connectivity index (χ0n) is 12.7. The summed E-state index contributed by atoms with van der Waals surface area (Å²) in [5, 5.41) is 10.2. The molecule has 4 aromatic rings. The summed E-state index contributed by atoms with van der Waals surface area (Å²) in [5.74, 6) is -1.62. The summed E-state index contributed by atoms with van der Waals surface area (Å²) in [7, 11) is 0. The van der Waals surface area contributed by atoms with Crippen molar-refractivity contribution in [2.75, 3.05) is 0 Å². The van der Waals surface area contributed by atoms with Crippen LogP contribution in [0.4, 0.5) is 13.2 Å². The van der Waals surface area contributed by atoms with Crippen LogP contribution < -0.4 is 0 Å². The van der Waals surface area contributed by atoms with Gasteiger partial charge in [0.2, 0.25) is 0 Å². The van der Waals surface area contributed by atoms with Gasteiger partial charge in [-0.25, -0.2) is 9.78 Å². The first kappa shape index (κ1) is 17.2.